The van der Waals surface area contributed by atoms with E-state index in [0.717, 1.165) is 0 Å². The Labute approximate surface area is 76.4 Å². The molecule has 0 bridgehead atoms. The highest BCUT2D eigenvalue weighted by molar-refractivity contribution is 5.98. The van der Waals surface area contributed by atoms with Gasteiger partial charge < -0.3 is 5.43 Å². The summed E-state index contributed by atoms with van der Waals surface area (Å²) in [4.78, 5) is 4.07. The first kappa shape index (κ1) is 9.67. The molecule has 0 atom stereocenters. The fraction of sp³-hybridized carbons (Fsp3) is 0.222. The van der Waals surface area contributed by atoms with Crippen molar-refractivity contribution < 1.29 is 4.39 Å². The van der Waals surface area contributed by atoms with Gasteiger partial charge in [-0.15, -0.1) is 0 Å². The zero-order valence-electron chi connectivity index (χ0n) is 7.42. The normalized spacial score (nSPS) is 11.5. The van der Waals surface area contributed by atoms with Gasteiger partial charge in [0.25, 0.3) is 0 Å². The number of hydrazine groups is 1. The molecule has 4 heteroatoms. The van der Waals surface area contributed by atoms with Crippen LogP contribution >= 0.6 is 0 Å². The number of benzene rings is 1. The van der Waals surface area contributed by atoms with E-state index in [9.17, 15) is 4.39 Å². The van der Waals surface area contributed by atoms with Crippen molar-refractivity contribution in [3.05, 3.63) is 35.6 Å². The molecule has 3 N–H and O–H groups in total. The van der Waals surface area contributed by atoms with Crippen LogP contribution in [0.5, 0.6) is 0 Å². The van der Waals surface area contributed by atoms with E-state index in [2.05, 4.69) is 10.4 Å². The Morgan fingerprint density at radius 1 is 1.62 bits per heavy atom. The second kappa shape index (κ2) is 4.57. The molecule has 0 aliphatic rings. The van der Waals surface area contributed by atoms with Crippen molar-refractivity contribution in [2.75, 3.05) is 6.54 Å². The van der Waals surface area contributed by atoms with Crippen LogP contribution in [0.1, 0.15) is 12.5 Å². The Bertz CT molecular complexity index is 309. The number of amidine groups is 1. The lowest BCUT2D eigenvalue weighted by Crippen LogP contribution is -2.31. The van der Waals surface area contributed by atoms with E-state index in [1.165, 1.54) is 12.1 Å². The third kappa shape index (κ3) is 2.52. The molecule has 13 heavy (non-hydrogen) atoms. The van der Waals surface area contributed by atoms with Gasteiger partial charge in [-0.3, -0.25) is 4.99 Å². The lowest BCUT2D eigenvalue weighted by atomic mass is 10.2. The van der Waals surface area contributed by atoms with Crippen LogP contribution in [-0.4, -0.2) is 12.4 Å². The van der Waals surface area contributed by atoms with Gasteiger partial charge in [0.15, 0.2) is 0 Å². The molecular weight excluding hydrogens is 169 g/mol. The fourth-order valence-electron chi connectivity index (χ4n) is 1.01. The number of halogens is 1. The van der Waals surface area contributed by atoms with Crippen LogP contribution in [0, 0.1) is 5.82 Å². The topological polar surface area (TPSA) is 50.4 Å². The summed E-state index contributed by atoms with van der Waals surface area (Å²) in [6.45, 7) is 2.49. The van der Waals surface area contributed by atoms with Gasteiger partial charge in [0.05, 0.1) is 0 Å². The van der Waals surface area contributed by atoms with Crippen molar-refractivity contribution >= 4 is 5.84 Å². The highest BCUT2D eigenvalue weighted by Gasteiger charge is 2.00. The summed E-state index contributed by atoms with van der Waals surface area (Å²) in [6.07, 6.45) is 0. The van der Waals surface area contributed by atoms with Crippen molar-refractivity contribution in [3.63, 3.8) is 0 Å². The SMILES string of the molecule is CCN=C(NN)c1cccc(F)c1. The van der Waals surface area contributed by atoms with E-state index in [0.29, 0.717) is 17.9 Å². The molecule has 0 amide bonds. The molecule has 0 radical (unpaired) electrons. The first-order chi connectivity index (χ1) is 6.27. The molecular formula is C9H12FN3. The van der Waals surface area contributed by atoms with Gasteiger partial charge >= 0.3 is 0 Å². The summed E-state index contributed by atoms with van der Waals surface area (Å²) in [5, 5.41) is 0. The third-order valence-corrected chi connectivity index (χ3v) is 1.55. The predicted molar refractivity (Wildman–Crippen MR) is 50.8 cm³/mol. The molecule has 0 spiro atoms. The standard InChI is InChI=1S/C9H12FN3/c1-2-12-9(13-11)7-4-3-5-8(10)6-7/h3-6H,2,11H2,1H3,(H,12,13). The summed E-state index contributed by atoms with van der Waals surface area (Å²) >= 11 is 0. The Hall–Kier alpha value is -1.42. The number of nitrogens with zero attached hydrogens (tertiary/aromatic N) is 1. The molecule has 1 aromatic rings. The number of aliphatic imine (C=N–C) groups is 1. The number of hydrogen-bond donors (Lipinski definition) is 2. The third-order valence-electron chi connectivity index (χ3n) is 1.55. The number of nitrogens with one attached hydrogen (secondary N) is 1. The average molecular weight is 181 g/mol. The average Bonchev–Trinajstić information content (AvgIpc) is 2.14. The highest BCUT2D eigenvalue weighted by Crippen LogP contribution is 2.03. The van der Waals surface area contributed by atoms with E-state index in [1.807, 2.05) is 6.92 Å². The zero-order valence-corrected chi connectivity index (χ0v) is 7.42. The molecule has 0 aromatic heterocycles. The minimum absolute atomic E-state index is 0.295. The zero-order chi connectivity index (χ0) is 9.68. The van der Waals surface area contributed by atoms with E-state index < -0.39 is 0 Å². The van der Waals surface area contributed by atoms with E-state index >= 15 is 0 Å². The molecule has 0 saturated carbocycles. The van der Waals surface area contributed by atoms with Crippen molar-refractivity contribution in [3.8, 4) is 0 Å². The number of nitrogens with two attached hydrogens (primary N) is 1. The summed E-state index contributed by atoms with van der Waals surface area (Å²) in [5.41, 5.74) is 3.09. The van der Waals surface area contributed by atoms with Crippen LogP contribution in [-0.2, 0) is 0 Å². The van der Waals surface area contributed by atoms with Gasteiger partial charge in [-0.05, 0) is 19.1 Å². The van der Waals surface area contributed by atoms with Crippen LogP contribution < -0.4 is 11.3 Å². The van der Waals surface area contributed by atoms with Gasteiger partial charge in [0.1, 0.15) is 11.7 Å². The minimum Gasteiger partial charge on any atom is -0.308 e. The van der Waals surface area contributed by atoms with Crippen molar-refractivity contribution in [2.45, 2.75) is 6.92 Å². The van der Waals surface area contributed by atoms with Gasteiger partial charge in [-0.25, -0.2) is 10.2 Å². The van der Waals surface area contributed by atoms with Gasteiger partial charge in [-0.1, -0.05) is 12.1 Å². The molecule has 0 unspecified atom stereocenters. The van der Waals surface area contributed by atoms with Gasteiger partial charge in [0, 0.05) is 12.1 Å². The second-order valence-corrected chi connectivity index (χ2v) is 2.48. The van der Waals surface area contributed by atoms with Gasteiger partial charge in [0.2, 0.25) is 0 Å². The Morgan fingerprint density at radius 3 is 2.92 bits per heavy atom. The molecule has 1 aromatic carbocycles. The molecule has 0 aliphatic heterocycles. The molecule has 0 saturated heterocycles. The summed E-state index contributed by atoms with van der Waals surface area (Å²) in [6, 6.07) is 6.13. The molecule has 3 nitrogen and oxygen atoms in total. The predicted octanol–water partition coefficient (Wildman–Crippen LogP) is 1.06. The smallest absolute Gasteiger partial charge is 0.142 e. The summed E-state index contributed by atoms with van der Waals surface area (Å²) in [7, 11) is 0. The van der Waals surface area contributed by atoms with Crippen LogP contribution in [0.15, 0.2) is 29.3 Å². The van der Waals surface area contributed by atoms with E-state index in [1.54, 1.807) is 12.1 Å². The lowest BCUT2D eigenvalue weighted by Gasteiger charge is -2.04. The molecule has 1 rings (SSSR count). The van der Waals surface area contributed by atoms with Crippen LogP contribution in [0.25, 0.3) is 0 Å². The Balaban J connectivity index is 2.98. The molecule has 0 fully saturated rings. The maximum absolute atomic E-state index is 12.8. The van der Waals surface area contributed by atoms with Gasteiger partial charge in [-0.2, -0.15) is 0 Å². The minimum atomic E-state index is -0.295. The van der Waals surface area contributed by atoms with Crippen molar-refractivity contribution in [1.29, 1.82) is 0 Å². The first-order valence-electron chi connectivity index (χ1n) is 4.05. The van der Waals surface area contributed by atoms with Crippen LogP contribution in [0.4, 0.5) is 4.39 Å². The fourth-order valence-corrected chi connectivity index (χ4v) is 1.01. The second-order valence-electron chi connectivity index (χ2n) is 2.48. The lowest BCUT2D eigenvalue weighted by molar-refractivity contribution is 0.627. The van der Waals surface area contributed by atoms with Crippen LogP contribution in [0.2, 0.25) is 0 Å². The maximum Gasteiger partial charge on any atom is 0.142 e. The Morgan fingerprint density at radius 2 is 2.38 bits per heavy atom. The Kier molecular flexibility index (Phi) is 3.40. The monoisotopic (exact) mass is 181 g/mol. The first-order valence-corrected chi connectivity index (χ1v) is 4.05. The van der Waals surface area contributed by atoms with Crippen molar-refractivity contribution in [1.82, 2.24) is 5.43 Å². The maximum atomic E-state index is 12.8. The van der Waals surface area contributed by atoms with Crippen molar-refractivity contribution in [2.24, 2.45) is 10.8 Å². The highest BCUT2D eigenvalue weighted by atomic mass is 19.1. The summed E-state index contributed by atoms with van der Waals surface area (Å²) in [5.74, 6) is 5.44. The van der Waals surface area contributed by atoms with Crippen LogP contribution in [0.3, 0.4) is 0 Å². The number of hydrogen-bond acceptors (Lipinski definition) is 2. The van der Waals surface area contributed by atoms with E-state index in [-0.39, 0.29) is 5.82 Å². The molecule has 0 aliphatic carbocycles. The largest absolute Gasteiger partial charge is 0.308 e. The molecule has 0 heterocycles. The van der Waals surface area contributed by atoms with E-state index in [4.69, 9.17) is 5.84 Å². The summed E-state index contributed by atoms with van der Waals surface area (Å²) < 4.78 is 12.8. The quantitative estimate of drug-likeness (QED) is 0.310. The molecule has 70 valence electrons. The number of rotatable bonds is 2.